The van der Waals surface area contributed by atoms with Gasteiger partial charge in [0.2, 0.25) is 11.7 Å². The summed E-state index contributed by atoms with van der Waals surface area (Å²) in [4.78, 5) is 26.5. The molecule has 31 heavy (non-hydrogen) atoms. The van der Waals surface area contributed by atoms with E-state index in [0.717, 1.165) is 5.56 Å². The Morgan fingerprint density at radius 3 is 2.68 bits per heavy atom. The van der Waals surface area contributed by atoms with Gasteiger partial charge in [-0.2, -0.15) is 0 Å². The Balaban J connectivity index is 1.76. The van der Waals surface area contributed by atoms with Crippen molar-refractivity contribution in [2.45, 2.75) is 19.8 Å². The van der Waals surface area contributed by atoms with Gasteiger partial charge in [0.1, 0.15) is 17.8 Å². The van der Waals surface area contributed by atoms with Crippen LogP contribution in [0.4, 0.5) is 0 Å². The first-order valence-corrected chi connectivity index (χ1v) is 9.94. The monoisotopic (exact) mass is 413 g/mol. The summed E-state index contributed by atoms with van der Waals surface area (Å²) >= 11 is 0. The van der Waals surface area contributed by atoms with Crippen molar-refractivity contribution in [3.63, 3.8) is 0 Å². The number of esters is 1. The van der Waals surface area contributed by atoms with Crippen molar-refractivity contribution in [2.75, 3.05) is 6.61 Å². The lowest BCUT2D eigenvalue weighted by Gasteiger charge is -2.28. The second-order valence-corrected chi connectivity index (χ2v) is 7.02. The summed E-state index contributed by atoms with van der Waals surface area (Å²) in [7, 11) is 0. The molecule has 4 aromatic rings. The number of hydrogen-bond donors (Lipinski definition) is 0. The van der Waals surface area contributed by atoms with E-state index in [0.29, 0.717) is 39.9 Å². The second-order valence-electron chi connectivity index (χ2n) is 7.02. The molecule has 4 heterocycles. The summed E-state index contributed by atoms with van der Waals surface area (Å²) < 4.78 is 12.9. The van der Waals surface area contributed by atoms with E-state index in [9.17, 15) is 4.79 Å². The minimum absolute atomic E-state index is 0.265. The van der Waals surface area contributed by atoms with Crippen LogP contribution in [0, 0.1) is 0 Å². The van der Waals surface area contributed by atoms with E-state index in [1.165, 1.54) is 0 Å². The minimum Gasteiger partial charge on any atom is -0.463 e. The van der Waals surface area contributed by atoms with Gasteiger partial charge in [-0.15, -0.1) is 5.10 Å². The molecule has 0 saturated heterocycles. The van der Waals surface area contributed by atoms with Crippen LogP contribution in [0.2, 0.25) is 0 Å². The van der Waals surface area contributed by atoms with Crippen molar-refractivity contribution in [1.29, 1.82) is 0 Å². The third kappa shape index (κ3) is 3.22. The van der Waals surface area contributed by atoms with Crippen LogP contribution in [-0.2, 0) is 9.53 Å². The molecule has 0 radical (unpaired) electrons. The van der Waals surface area contributed by atoms with Crippen molar-refractivity contribution < 1.29 is 14.3 Å². The predicted octanol–water partition coefficient (Wildman–Crippen LogP) is 3.55. The Morgan fingerprint density at radius 1 is 1.13 bits per heavy atom. The molecule has 1 aliphatic heterocycles. The topological polar surface area (TPSA) is 91.5 Å². The average molecular weight is 413 g/mol. The van der Waals surface area contributed by atoms with Gasteiger partial charge in [-0.1, -0.05) is 36.4 Å². The van der Waals surface area contributed by atoms with E-state index in [1.807, 2.05) is 48.5 Å². The van der Waals surface area contributed by atoms with Crippen LogP contribution in [0.15, 0.2) is 72.4 Å². The van der Waals surface area contributed by atoms with E-state index >= 15 is 0 Å². The fourth-order valence-corrected chi connectivity index (χ4v) is 3.79. The zero-order valence-electron chi connectivity index (χ0n) is 17.0. The van der Waals surface area contributed by atoms with Crippen LogP contribution in [0.1, 0.15) is 30.9 Å². The molecule has 0 aliphatic carbocycles. The normalized spacial score (nSPS) is 15.5. The third-order valence-electron chi connectivity index (χ3n) is 5.12. The van der Waals surface area contributed by atoms with Crippen molar-refractivity contribution in [2.24, 2.45) is 0 Å². The molecule has 0 amide bonds. The highest BCUT2D eigenvalue weighted by Crippen LogP contribution is 2.44. The van der Waals surface area contributed by atoms with Crippen LogP contribution < -0.4 is 4.74 Å². The first-order chi connectivity index (χ1) is 15.2. The smallest absolute Gasteiger partial charge is 0.338 e. The number of hydrogen-bond acceptors (Lipinski definition) is 7. The molecular weight excluding hydrogens is 394 g/mol. The van der Waals surface area contributed by atoms with Gasteiger partial charge in [0, 0.05) is 6.20 Å². The lowest BCUT2D eigenvalue weighted by atomic mass is 9.83. The van der Waals surface area contributed by atoms with Gasteiger partial charge in [-0.25, -0.2) is 19.3 Å². The number of nitrogens with zero attached hydrogens (tertiary/aromatic N) is 5. The van der Waals surface area contributed by atoms with Crippen LogP contribution in [-0.4, -0.2) is 37.1 Å². The Labute approximate surface area is 178 Å². The van der Waals surface area contributed by atoms with E-state index in [1.54, 1.807) is 30.9 Å². The van der Waals surface area contributed by atoms with Gasteiger partial charge in [-0.05, 0) is 31.5 Å². The first kappa shape index (κ1) is 18.9. The number of benzene rings is 1. The Hall–Kier alpha value is -4.07. The van der Waals surface area contributed by atoms with Gasteiger partial charge in [0.25, 0.3) is 0 Å². The molecule has 8 nitrogen and oxygen atoms in total. The van der Waals surface area contributed by atoms with E-state index in [-0.39, 0.29) is 6.61 Å². The van der Waals surface area contributed by atoms with Crippen molar-refractivity contribution >= 4 is 11.6 Å². The summed E-state index contributed by atoms with van der Waals surface area (Å²) in [5.74, 6) is 0.437. The molecule has 0 unspecified atom stereocenters. The highest BCUT2D eigenvalue weighted by molar-refractivity contribution is 5.93. The number of ether oxygens (including phenoxy) is 2. The molecule has 8 heteroatoms. The van der Waals surface area contributed by atoms with Crippen LogP contribution in [0.3, 0.4) is 0 Å². The number of fused-ring (bicyclic) bond motifs is 3. The fourth-order valence-electron chi connectivity index (χ4n) is 3.79. The van der Waals surface area contributed by atoms with Crippen LogP contribution >= 0.6 is 0 Å². The molecule has 0 fully saturated rings. The molecule has 0 saturated carbocycles. The van der Waals surface area contributed by atoms with Crippen molar-refractivity contribution in [1.82, 2.24) is 24.6 Å². The summed E-state index contributed by atoms with van der Waals surface area (Å²) in [6.07, 6.45) is 3.24. The summed E-state index contributed by atoms with van der Waals surface area (Å²) in [5.41, 5.74) is 3.20. The number of rotatable bonds is 4. The number of allylic oxidation sites excluding steroid dienone is 1. The lowest BCUT2D eigenvalue weighted by molar-refractivity contribution is -0.139. The van der Waals surface area contributed by atoms with Gasteiger partial charge in [0.05, 0.1) is 23.7 Å². The quantitative estimate of drug-likeness (QED) is 0.473. The Bertz CT molecular complexity index is 1300. The molecule has 1 atom stereocenters. The van der Waals surface area contributed by atoms with E-state index in [2.05, 4.69) is 15.1 Å². The predicted molar refractivity (Wildman–Crippen MR) is 112 cm³/mol. The maximum atomic E-state index is 12.9. The number of carbonyl (C=O) groups excluding carboxylic acids is 1. The second kappa shape index (κ2) is 7.64. The van der Waals surface area contributed by atoms with Gasteiger partial charge >= 0.3 is 5.97 Å². The minimum atomic E-state index is -0.457. The molecule has 3 aromatic heterocycles. The van der Waals surface area contributed by atoms with Gasteiger partial charge in [-0.3, -0.25) is 4.98 Å². The number of carbonyl (C=O) groups is 1. The van der Waals surface area contributed by atoms with E-state index in [4.69, 9.17) is 14.5 Å². The Kier molecular flexibility index (Phi) is 4.66. The molecule has 1 aromatic carbocycles. The molecule has 0 spiro atoms. The maximum Gasteiger partial charge on any atom is 0.338 e. The molecular formula is C23H19N5O3. The molecule has 0 N–H and O–H groups in total. The van der Waals surface area contributed by atoms with Crippen LogP contribution in [0.25, 0.3) is 17.2 Å². The highest BCUT2D eigenvalue weighted by atomic mass is 16.5. The third-order valence-corrected chi connectivity index (χ3v) is 5.12. The van der Waals surface area contributed by atoms with Gasteiger partial charge < -0.3 is 9.47 Å². The summed E-state index contributed by atoms with van der Waals surface area (Å²) in [6, 6.07) is 15.3. The standard InChI is InChI=1S/C23H19N5O3/c1-3-30-23(29)17-14(2)31-22-19(18(17)15-9-5-4-6-10-15)21-26-20(27-28(21)13-25-22)16-11-7-8-12-24-16/h4-13,18H,3H2,1-2H3/t18-/m1/s1. The zero-order chi connectivity index (χ0) is 21.4. The largest absolute Gasteiger partial charge is 0.463 e. The Morgan fingerprint density at radius 2 is 1.94 bits per heavy atom. The zero-order valence-corrected chi connectivity index (χ0v) is 17.0. The lowest BCUT2D eigenvalue weighted by Crippen LogP contribution is -2.24. The summed E-state index contributed by atoms with van der Waals surface area (Å²) in [5, 5.41) is 4.54. The SMILES string of the molecule is CCOC(=O)C1=C(C)Oc2ncn3nc(-c4ccccn4)nc3c2[C@@H]1c1ccccc1. The number of pyridine rings is 1. The van der Waals surface area contributed by atoms with Crippen LogP contribution in [0.5, 0.6) is 5.88 Å². The molecule has 154 valence electrons. The number of aromatic nitrogens is 5. The maximum absolute atomic E-state index is 12.9. The fraction of sp³-hybridized carbons (Fsp3) is 0.174. The first-order valence-electron chi connectivity index (χ1n) is 9.94. The van der Waals surface area contributed by atoms with Crippen molar-refractivity contribution in [3.05, 3.63) is 83.5 Å². The summed E-state index contributed by atoms with van der Waals surface area (Å²) in [6.45, 7) is 3.79. The molecule has 5 rings (SSSR count). The average Bonchev–Trinajstić information content (AvgIpc) is 3.24. The van der Waals surface area contributed by atoms with E-state index < -0.39 is 11.9 Å². The molecule has 0 bridgehead atoms. The van der Waals surface area contributed by atoms with Crippen molar-refractivity contribution in [3.8, 4) is 17.4 Å². The highest BCUT2D eigenvalue weighted by Gasteiger charge is 2.38. The molecule has 1 aliphatic rings. The van der Waals surface area contributed by atoms with Gasteiger partial charge in [0.15, 0.2) is 5.65 Å².